The fourth-order valence-electron chi connectivity index (χ4n) is 3.35. The second kappa shape index (κ2) is 11.1. The molecule has 0 unspecified atom stereocenters. The molecule has 1 fully saturated rings. The summed E-state index contributed by atoms with van der Waals surface area (Å²) < 4.78 is 6.86. The molecule has 1 aliphatic rings. The number of aliphatic imine (C=N–C) groups is 1. The van der Waals surface area contributed by atoms with Gasteiger partial charge in [-0.3, -0.25) is 0 Å². The van der Waals surface area contributed by atoms with Gasteiger partial charge < -0.3 is 20.7 Å². The van der Waals surface area contributed by atoms with E-state index in [4.69, 9.17) is 10.5 Å². The summed E-state index contributed by atoms with van der Waals surface area (Å²) in [7, 11) is 0. The molecule has 2 aromatic rings. The van der Waals surface area contributed by atoms with Crippen molar-refractivity contribution in [3.8, 4) is 5.82 Å². The van der Waals surface area contributed by atoms with E-state index >= 15 is 0 Å². The maximum absolute atomic E-state index is 11.7. The number of ether oxygens (including phenoxy) is 1. The maximum atomic E-state index is 11.7. The van der Waals surface area contributed by atoms with E-state index in [0.29, 0.717) is 32.2 Å². The normalized spacial score (nSPS) is 14.9. The van der Waals surface area contributed by atoms with Gasteiger partial charge in [-0.25, -0.2) is 19.5 Å². The number of hydrogen-bond acceptors (Lipinski definition) is 5. The number of aryl methyl sites for hydroxylation is 2. The van der Waals surface area contributed by atoms with Crippen molar-refractivity contribution < 1.29 is 9.53 Å². The first-order valence-electron chi connectivity index (χ1n) is 9.93. The predicted octanol–water partition coefficient (Wildman–Crippen LogP) is 2.53. The molecule has 1 amide bonds. The van der Waals surface area contributed by atoms with E-state index in [1.165, 1.54) is 0 Å². The van der Waals surface area contributed by atoms with Gasteiger partial charge in [0.05, 0.1) is 18.8 Å². The van der Waals surface area contributed by atoms with Gasteiger partial charge in [0.2, 0.25) is 0 Å². The third-order valence-electron chi connectivity index (χ3n) is 4.84. The number of hydrogen-bond donors (Lipinski definition) is 2. The molecule has 0 atom stereocenters. The van der Waals surface area contributed by atoms with Gasteiger partial charge in [0.1, 0.15) is 0 Å². The quantitative estimate of drug-likeness (QED) is 0.352. The Hall–Kier alpha value is -2.37. The molecule has 0 aliphatic carbocycles. The van der Waals surface area contributed by atoms with Gasteiger partial charge in [-0.2, -0.15) is 5.10 Å². The van der Waals surface area contributed by atoms with Crippen molar-refractivity contribution in [2.24, 2.45) is 10.7 Å². The zero-order valence-corrected chi connectivity index (χ0v) is 20.0. The molecule has 3 rings (SSSR count). The molecule has 0 bridgehead atoms. The van der Waals surface area contributed by atoms with Crippen LogP contribution in [-0.4, -0.2) is 57.5 Å². The number of nitrogens with two attached hydrogens (primary N) is 1. The van der Waals surface area contributed by atoms with Crippen molar-refractivity contribution in [2.45, 2.75) is 46.2 Å². The SMILES string of the molecule is CCOC(=O)N1CCC(NC(N)=NCc2ccc(-n3nc(C)cc3C)nc2)CC1.I. The van der Waals surface area contributed by atoms with Crippen LogP contribution in [0.1, 0.15) is 36.7 Å². The highest BCUT2D eigenvalue weighted by atomic mass is 127. The van der Waals surface area contributed by atoms with Gasteiger partial charge in [-0.15, -0.1) is 24.0 Å². The van der Waals surface area contributed by atoms with Crippen LogP contribution in [0, 0.1) is 13.8 Å². The van der Waals surface area contributed by atoms with Gasteiger partial charge in [0.25, 0.3) is 0 Å². The summed E-state index contributed by atoms with van der Waals surface area (Å²) in [6, 6.07) is 6.13. The van der Waals surface area contributed by atoms with Crippen molar-refractivity contribution >= 4 is 36.0 Å². The molecular weight excluding hydrogens is 497 g/mol. The van der Waals surface area contributed by atoms with Crippen LogP contribution >= 0.6 is 24.0 Å². The van der Waals surface area contributed by atoms with E-state index in [0.717, 1.165) is 35.6 Å². The van der Waals surface area contributed by atoms with Crippen LogP contribution < -0.4 is 11.1 Å². The number of likely N-dealkylation sites (tertiary alicyclic amines) is 1. The molecule has 164 valence electrons. The lowest BCUT2D eigenvalue weighted by molar-refractivity contribution is 0.0963. The van der Waals surface area contributed by atoms with Crippen LogP contribution in [0.15, 0.2) is 29.4 Å². The van der Waals surface area contributed by atoms with E-state index in [9.17, 15) is 4.79 Å². The van der Waals surface area contributed by atoms with Crippen LogP contribution in [-0.2, 0) is 11.3 Å². The fourth-order valence-corrected chi connectivity index (χ4v) is 3.35. The monoisotopic (exact) mass is 527 g/mol. The molecule has 9 nitrogen and oxygen atoms in total. The maximum Gasteiger partial charge on any atom is 0.409 e. The molecule has 1 aliphatic heterocycles. The van der Waals surface area contributed by atoms with Crippen molar-refractivity contribution in [1.82, 2.24) is 25.0 Å². The van der Waals surface area contributed by atoms with Crippen molar-refractivity contribution in [3.63, 3.8) is 0 Å². The van der Waals surface area contributed by atoms with Crippen molar-refractivity contribution in [1.29, 1.82) is 0 Å². The number of guanidine groups is 1. The molecule has 1 saturated heterocycles. The molecule has 3 N–H and O–H groups in total. The number of halogens is 1. The topological polar surface area (TPSA) is 111 Å². The second-order valence-corrected chi connectivity index (χ2v) is 7.17. The molecule has 0 radical (unpaired) electrons. The van der Waals surface area contributed by atoms with Gasteiger partial charge in [-0.05, 0) is 51.3 Å². The highest BCUT2D eigenvalue weighted by Gasteiger charge is 2.23. The number of pyridine rings is 1. The van der Waals surface area contributed by atoms with Crippen molar-refractivity contribution in [3.05, 3.63) is 41.3 Å². The summed E-state index contributed by atoms with van der Waals surface area (Å²) in [6.07, 6.45) is 3.17. The third kappa shape index (κ3) is 6.31. The number of piperidine rings is 1. The van der Waals surface area contributed by atoms with E-state index in [1.54, 1.807) is 11.1 Å². The largest absolute Gasteiger partial charge is 0.450 e. The van der Waals surface area contributed by atoms with Gasteiger partial charge >= 0.3 is 6.09 Å². The van der Waals surface area contributed by atoms with Crippen LogP contribution in [0.25, 0.3) is 5.82 Å². The highest BCUT2D eigenvalue weighted by Crippen LogP contribution is 2.12. The summed E-state index contributed by atoms with van der Waals surface area (Å²) in [5.41, 5.74) is 9.01. The first-order chi connectivity index (χ1) is 14.0. The minimum absolute atomic E-state index is 0. The Labute approximate surface area is 194 Å². The Bertz CT molecular complexity index is 859. The lowest BCUT2D eigenvalue weighted by Gasteiger charge is -2.31. The average Bonchev–Trinajstić information content (AvgIpc) is 3.05. The zero-order valence-electron chi connectivity index (χ0n) is 17.7. The first kappa shape index (κ1) is 23.9. The van der Waals surface area contributed by atoms with Crippen LogP contribution in [0.3, 0.4) is 0 Å². The van der Waals surface area contributed by atoms with E-state index in [1.807, 2.05) is 43.7 Å². The first-order valence-corrected chi connectivity index (χ1v) is 9.93. The molecule has 0 spiro atoms. The molecule has 30 heavy (non-hydrogen) atoms. The lowest BCUT2D eigenvalue weighted by atomic mass is 10.1. The average molecular weight is 527 g/mol. The minimum Gasteiger partial charge on any atom is -0.450 e. The van der Waals surface area contributed by atoms with Crippen molar-refractivity contribution in [2.75, 3.05) is 19.7 Å². The van der Waals surface area contributed by atoms with Gasteiger partial charge in [0, 0.05) is 31.0 Å². The summed E-state index contributed by atoms with van der Waals surface area (Å²) in [6.45, 7) is 7.93. The second-order valence-electron chi connectivity index (χ2n) is 7.17. The smallest absolute Gasteiger partial charge is 0.409 e. The summed E-state index contributed by atoms with van der Waals surface area (Å²) in [4.78, 5) is 22.4. The Balaban J connectivity index is 0.00000320. The highest BCUT2D eigenvalue weighted by molar-refractivity contribution is 14.0. The molecule has 2 aromatic heterocycles. The summed E-state index contributed by atoms with van der Waals surface area (Å²) >= 11 is 0. The van der Waals surface area contributed by atoms with E-state index in [-0.39, 0.29) is 36.1 Å². The Morgan fingerprint density at radius 1 is 1.33 bits per heavy atom. The Morgan fingerprint density at radius 3 is 2.63 bits per heavy atom. The number of nitrogens with zero attached hydrogens (tertiary/aromatic N) is 5. The number of carbonyl (C=O) groups excluding carboxylic acids is 1. The number of amides is 1. The minimum atomic E-state index is -0.246. The molecule has 0 aromatic carbocycles. The standard InChI is InChI=1S/C20H29N7O2.HI/c1-4-29-20(28)26-9-7-17(8-10-26)24-19(21)23-13-16-5-6-18(22-12-16)27-15(3)11-14(2)25-27;/h5-6,11-12,17H,4,7-10,13H2,1-3H3,(H3,21,23,24);1H. The lowest BCUT2D eigenvalue weighted by Crippen LogP contribution is -2.48. The number of rotatable bonds is 5. The molecular formula is C20H30IN7O2. The van der Waals surface area contributed by atoms with Crippen LogP contribution in [0.5, 0.6) is 0 Å². The van der Waals surface area contributed by atoms with E-state index < -0.39 is 0 Å². The Morgan fingerprint density at radius 2 is 2.07 bits per heavy atom. The van der Waals surface area contributed by atoms with Crippen LogP contribution in [0.2, 0.25) is 0 Å². The van der Waals surface area contributed by atoms with Gasteiger partial charge in [0.15, 0.2) is 11.8 Å². The number of aromatic nitrogens is 3. The van der Waals surface area contributed by atoms with Crippen LogP contribution in [0.4, 0.5) is 4.79 Å². The molecule has 10 heteroatoms. The molecule has 3 heterocycles. The third-order valence-corrected chi connectivity index (χ3v) is 4.84. The zero-order chi connectivity index (χ0) is 20.8. The molecule has 0 saturated carbocycles. The Kier molecular flexibility index (Phi) is 8.88. The predicted molar refractivity (Wildman–Crippen MR) is 126 cm³/mol. The fraction of sp³-hybridized carbons (Fsp3) is 0.500. The van der Waals surface area contributed by atoms with Gasteiger partial charge in [-0.1, -0.05) is 6.07 Å². The number of carbonyl (C=O) groups is 1. The summed E-state index contributed by atoms with van der Waals surface area (Å²) in [5, 5.41) is 7.68. The summed E-state index contributed by atoms with van der Waals surface area (Å²) in [5.74, 6) is 1.19. The van der Waals surface area contributed by atoms with E-state index in [2.05, 4.69) is 20.4 Å². The number of nitrogens with one attached hydrogen (secondary N) is 1.